The second-order valence-electron chi connectivity index (χ2n) is 4.17. The number of nitrogens with two attached hydrogens (primary N) is 1. The highest BCUT2D eigenvalue weighted by Crippen LogP contribution is 2.18. The molecular weight excluding hydrogens is 326 g/mol. The van der Waals surface area contributed by atoms with Crippen LogP contribution in [0.1, 0.15) is 6.92 Å². The summed E-state index contributed by atoms with van der Waals surface area (Å²) in [5, 5.41) is 5.06. The van der Waals surface area contributed by atoms with Gasteiger partial charge in [0, 0.05) is 4.47 Å². The molecule has 1 aromatic rings. The highest BCUT2D eigenvalue weighted by atomic mass is 79.9. The normalized spacial score (nSPS) is 11.6. The first kappa shape index (κ1) is 16.5. The van der Waals surface area contributed by atoms with Crippen molar-refractivity contribution in [3.05, 3.63) is 28.7 Å². The van der Waals surface area contributed by atoms with Crippen molar-refractivity contribution in [3.8, 4) is 5.75 Å². The number of hydrogen-bond donors (Lipinski definition) is 3. The number of nitrogens with one attached hydrogen (secondary N) is 2. The topological polar surface area (TPSA) is 93.5 Å². The third kappa shape index (κ3) is 6.53. The number of hydrogen-bond acceptors (Lipinski definition) is 4. The maximum atomic E-state index is 11.4. The smallest absolute Gasteiger partial charge is 0.239 e. The molecule has 6 nitrogen and oxygen atoms in total. The van der Waals surface area contributed by atoms with Gasteiger partial charge in [-0.15, -0.1) is 0 Å². The van der Waals surface area contributed by atoms with Crippen LogP contribution >= 0.6 is 15.9 Å². The fourth-order valence-electron chi connectivity index (χ4n) is 1.39. The third-order valence-corrected chi connectivity index (χ3v) is 2.84. The molecule has 110 valence electrons. The van der Waals surface area contributed by atoms with Crippen molar-refractivity contribution < 1.29 is 14.3 Å². The molecule has 0 radical (unpaired) electrons. The molecule has 1 aromatic carbocycles. The summed E-state index contributed by atoms with van der Waals surface area (Å²) in [7, 11) is 0. The lowest BCUT2D eigenvalue weighted by molar-refractivity contribution is -0.125. The lowest BCUT2D eigenvalue weighted by Gasteiger charge is -2.15. The Bertz CT molecular complexity index is 468. The lowest BCUT2D eigenvalue weighted by Crippen LogP contribution is -2.42. The lowest BCUT2D eigenvalue weighted by atomic mass is 10.3. The van der Waals surface area contributed by atoms with E-state index in [1.807, 2.05) is 31.2 Å². The van der Waals surface area contributed by atoms with E-state index in [-0.39, 0.29) is 31.0 Å². The summed E-state index contributed by atoms with van der Waals surface area (Å²) >= 11 is 3.35. The van der Waals surface area contributed by atoms with Crippen molar-refractivity contribution in [2.45, 2.75) is 13.0 Å². The molecule has 0 saturated carbocycles. The van der Waals surface area contributed by atoms with E-state index < -0.39 is 0 Å². The second-order valence-corrected chi connectivity index (χ2v) is 5.09. The van der Waals surface area contributed by atoms with Gasteiger partial charge in [-0.25, -0.2) is 0 Å². The third-order valence-electron chi connectivity index (χ3n) is 2.35. The van der Waals surface area contributed by atoms with E-state index in [1.54, 1.807) is 0 Å². The predicted molar refractivity (Wildman–Crippen MR) is 79.3 cm³/mol. The van der Waals surface area contributed by atoms with Gasteiger partial charge in [-0.1, -0.05) is 22.0 Å². The quantitative estimate of drug-likeness (QED) is 0.668. The molecule has 2 amide bonds. The summed E-state index contributed by atoms with van der Waals surface area (Å²) in [4.78, 5) is 22.3. The molecule has 0 saturated heterocycles. The molecule has 4 N–H and O–H groups in total. The molecule has 1 atom stereocenters. The first-order valence-corrected chi connectivity index (χ1v) is 6.96. The van der Waals surface area contributed by atoms with E-state index in [4.69, 9.17) is 10.5 Å². The van der Waals surface area contributed by atoms with Crippen LogP contribution in [0.5, 0.6) is 5.75 Å². The van der Waals surface area contributed by atoms with Gasteiger partial charge in [-0.05, 0) is 25.1 Å². The van der Waals surface area contributed by atoms with Crippen molar-refractivity contribution in [1.29, 1.82) is 0 Å². The van der Waals surface area contributed by atoms with Crippen LogP contribution in [0.4, 0.5) is 0 Å². The van der Waals surface area contributed by atoms with Gasteiger partial charge in [-0.3, -0.25) is 9.59 Å². The van der Waals surface area contributed by atoms with Crippen molar-refractivity contribution in [2.24, 2.45) is 5.73 Å². The fourth-order valence-corrected chi connectivity index (χ4v) is 1.76. The van der Waals surface area contributed by atoms with E-state index in [2.05, 4.69) is 26.6 Å². The Morgan fingerprint density at radius 3 is 2.75 bits per heavy atom. The number of carbonyl (C=O) groups is 2. The average molecular weight is 344 g/mol. The highest BCUT2D eigenvalue weighted by molar-refractivity contribution is 9.10. The van der Waals surface area contributed by atoms with Crippen molar-refractivity contribution in [2.75, 3.05) is 19.6 Å². The summed E-state index contributed by atoms with van der Waals surface area (Å²) in [6.07, 6.45) is -0.182. The number of ether oxygens (including phenoxy) is 1. The van der Waals surface area contributed by atoms with Gasteiger partial charge in [-0.2, -0.15) is 0 Å². The van der Waals surface area contributed by atoms with Crippen LogP contribution in [-0.4, -0.2) is 37.6 Å². The zero-order chi connectivity index (χ0) is 15.0. The van der Waals surface area contributed by atoms with Crippen molar-refractivity contribution >= 4 is 27.7 Å². The van der Waals surface area contributed by atoms with Gasteiger partial charge in [0.05, 0.1) is 19.6 Å². The largest absolute Gasteiger partial charge is 0.489 e. The van der Waals surface area contributed by atoms with Gasteiger partial charge in [0.2, 0.25) is 11.8 Å². The van der Waals surface area contributed by atoms with E-state index in [1.165, 1.54) is 0 Å². The monoisotopic (exact) mass is 343 g/mol. The Labute approximate surface area is 126 Å². The van der Waals surface area contributed by atoms with Gasteiger partial charge in [0.1, 0.15) is 11.9 Å². The summed E-state index contributed by atoms with van der Waals surface area (Å²) < 4.78 is 6.57. The molecule has 1 rings (SSSR count). The molecular formula is C13H18BrN3O3. The van der Waals surface area contributed by atoms with Crippen LogP contribution < -0.4 is 21.1 Å². The summed E-state index contributed by atoms with van der Waals surface area (Å²) in [6.45, 7) is 1.98. The Morgan fingerprint density at radius 2 is 2.10 bits per heavy atom. The molecule has 20 heavy (non-hydrogen) atoms. The van der Waals surface area contributed by atoms with Crippen LogP contribution in [-0.2, 0) is 9.59 Å². The van der Waals surface area contributed by atoms with E-state index in [0.29, 0.717) is 6.54 Å². The predicted octanol–water partition coefficient (Wildman–Crippen LogP) is 0.408. The summed E-state index contributed by atoms with van der Waals surface area (Å²) in [5.74, 6) is 0.0765. The average Bonchev–Trinajstić information content (AvgIpc) is 2.42. The molecule has 0 spiro atoms. The van der Waals surface area contributed by atoms with E-state index in [0.717, 1.165) is 10.2 Å². The van der Waals surface area contributed by atoms with Crippen LogP contribution in [0.25, 0.3) is 0 Å². The minimum absolute atomic E-state index is 0.0837. The Kier molecular flexibility index (Phi) is 7.03. The summed E-state index contributed by atoms with van der Waals surface area (Å²) in [6, 6.07) is 7.46. The van der Waals surface area contributed by atoms with E-state index >= 15 is 0 Å². The van der Waals surface area contributed by atoms with Gasteiger partial charge in [0.15, 0.2) is 0 Å². The van der Waals surface area contributed by atoms with Crippen LogP contribution in [0.2, 0.25) is 0 Å². The first-order chi connectivity index (χ1) is 9.51. The maximum Gasteiger partial charge on any atom is 0.239 e. The van der Waals surface area contributed by atoms with Crippen molar-refractivity contribution in [3.63, 3.8) is 0 Å². The minimum atomic E-state index is -0.362. The molecule has 0 aliphatic rings. The number of rotatable bonds is 7. The maximum absolute atomic E-state index is 11.4. The highest BCUT2D eigenvalue weighted by Gasteiger charge is 2.08. The van der Waals surface area contributed by atoms with Gasteiger partial charge in [0.25, 0.3) is 0 Å². The Morgan fingerprint density at radius 1 is 1.35 bits per heavy atom. The SMILES string of the molecule is CC(CNC(=O)CNC(=O)CN)Oc1cccc(Br)c1. The molecule has 0 fully saturated rings. The van der Waals surface area contributed by atoms with Crippen LogP contribution in [0.15, 0.2) is 28.7 Å². The molecule has 0 aliphatic heterocycles. The molecule has 7 heteroatoms. The minimum Gasteiger partial charge on any atom is -0.489 e. The number of benzene rings is 1. The first-order valence-electron chi connectivity index (χ1n) is 6.17. The number of carbonyl (C=O) groups excluding carboxylic acids is 2. The molecule has 0 aromatic heterocycles. The number of amides is 2. The van der Waals surface area contributed by atoms with Crippen molar-refractivity contribution in [1.82, 2.24) is 10.6 Å². The Balaban J connectivity index is 2.27. The van der Waals surface area contributed by atoms with Gasteiger partial charge >= 0.3 is 0 Å². The Hall–Kier alpha value is -1.60. The molecule has 0 aliphatic carbocycles. The zero-order valence-corrected chi connectivity index (χ0v) is 12.8. The second kappa shape index (κ2) is 8.55. The van der Waals surface area contributed by atoms with E-state index in [9.17, 15) is 9.59 Å². The summed E-state index contributed by atoms with van der Waals surface area (Å²) in [5.41, 5.74) is 5.11. The standard InChI is InChI=1S/C13H18BrN3O3/c1-9(20-11-4-2-3-10(14)5-11)7-16-13(19)8-17-12(18)6-15/h2-5,9H,6-8,15H2,1H3,(H,16,19)(H,17,18). The fraction of sp³-hybridized carbons (Fsp3) is 0.385. The molecule has 1 unspecified atom stereocenters. The van der Waals surface area contributed by atoms with Gasteiger partial charge < -0.3 is 21.1 Å². The van der Waals surface area contributed by atoms with Crippen LogP contribution in [0, 0.1) is 0 Å². The molecule has 0 heterocycles. The zero-order valence-electron chi connectivity index (χ0n) is 11.2. The molecule has 0 bridgehead atoms. The number of halogens is 1. The van der Waals surface area contributed by atoms with Crippen LogP contribution in [0.3, 0.4) is 0 Å².